The highest BCUT2D eigenvalue weighted by Gasteiger charge is 2.32. The number of anilines is 1. The Morgan fingerprint density at radius 2 is 1.35 bits per heavy atom. The van der Waals surface area contributed by atoms with E-state index in [4.69, 9.17) is 5.73 Å². The number of carbonyl (C=O) groups is 1. The molecule has 0 radical (unpaired) electrons. The molecule has 1 aliphatic rings. The molecular formula is C28H20N2O. The fourth-order valence-electron chi connectivity index (χ4n) is 4.85. The standard InChI is InChI=1S/C28H20N2O/c29-22-15-7-13-20-24(22)28(31)21-14-8-16-23-25(21)26(20)27(19-11-5-2-6-12-19)30(23)17-18-9-3-1-4-10-18/h1-16H,17,29H2. The molecule has 5 aromatic rings. The molecule has 148 valence electrons. The molecule has 0 bridgehead atoms. The molecule has 0 aliphatic heterocycles. The first-order valence-electron chi connectivity index (χ1n) is 10.4. The van der Waals surface area contributed by atoms with Gasteiger partial charge in [-0.25, -0.2) is 0 Å². The number of ketones is 1. The van der Waals surface area contributed by atoms with Crippen molar-refractivity contribution in [3.8, 4) is 22.4 Å². The van der Waals surface area contributed by atoms with Crippen molar-refractivity contribution in [2.45, 2.75) is 6.54 Å². The Bertz CT molecular complexity index is 1460. The lowest BCUT2D eigenvalue weighted by Crippen LogP contribution is -2.11. The molecule has 1 aliphatic carbocycles. The predicted molar refractivity (Wildman–Crippen MR) is 126 cm³/mol. The van der Waals surface area contributed by atoms with Gasteiger partial charge >= 0.3 is 0 Å². The topological polar surface area (TPSA) is 48.0 Å². The molecule has 1 aromatic heterocycles. The fraction of sp³-hybridized carbons (Fsp3) is 0.0357. The van der Waals surface area contributed by atoms with Crippen molar-refractivity contribution in [2.24, 2.45) is 0 Å². The second kappa shape index (κ2) is 6.71. The summed E-state index contributed by atoms with van der Waals surface area (Å²) in [4.78, 5) is 13.4. The molecule has 0 saturated carbocycles. The molecule has 3 nitrogen and oxygen atoms in total. The Hall–Kier alpha value is -4.11. The smallest absolute Gasteiger partial charge is 0.196 e. The molecule has 0 unspecified atom stereocenters. The van der Waals surface area contributed by atoms with Crippen LogP contribution in [0.1, 0.15) is 21.5 Å². The predicted octanol–water partition coefficient (Wildman–Crippen LogP) is 6.15. The maximum Gasteiger partial charge on any atom is 0.196 e. The number of aromatic nitrogens is 1. The third-order valence-electron chi connectivity index (χ3n) is 6.16. The zero-order valence-corrected chi connectivity index (χ0v) is 16.9. The van der Waals surface area contributed by atoms with Gasteiger partial charge in [0.15, 0.2) is 5.78 Å². The fourth-order valence-corrected chi connectivity index (χ4v) is 4.85. The van der Waals surface area contributed by atoms with Crippen LogP contribution in [0.2, 0.25) is 0 Å². The first kappa shape index (κ1) is 17.7. The molecule has 0 amide bonds. The number of rotatable bonds is 3. The number of hydrogen-bond donors (Lipinski definition) is 1. The summed E-state index contributed by atoms with van der Waals surface area (Å²) in [5.41, 5.74) is 14.7. The van der Waals surface area contributed by atoms with Crippen LogP contribution in [0.4, 0.5) is 5.69 Å². The summed E-state index contributed by atoms with van der Waals surface area (Å²) in [5, 5.41) is 1.01. The van der Waals surface area contributed by atoms with E-state index in [0.29, 0.717) is 11.3 Å². The lowest BCUT2D eigenvalue weighted by molar-refractivity contribution is 0.104. The van der Waals surface area contributed by atoms with E-state index in [1.807, 2.05) is 42.5 Å². The number of fused-ring (bicyclic) bond motifs is 2. The minimum Gasteiger partial charge on any atom is -0.398 e. The van der Waals surface area contributed by atoms with Gasteiger partial charge in [0.1, 0.15) is 0 Å². The molecular weight excluding hydrogens is 380 g/mol. The van der Waals surface area contributed by atoms with E-state index in [1.54, 1.807) is 0 Å². The highest BCUT2D eigenvalue weighted by Crippen LogP contribution is 2.48. The molecule has 0 saturated heterocycles. The summed E-state index contributed by atoms with van der Waals surface area (Å²) < 4.78 is 2.34. The lowest BCUT2D eigenvalue weighted by Gasteiger charge is -2.19. The van der Waals surface area contributed by atoms with Crippen LogP contribution in [-0.4, -0.2) is 10.4 Å². The molecule has 2 N–H and O–H groups in total. The van der Waals surface area contributed by atoms with Crippen molar-refractivity contribution in [1.82, 2.24) is 4.57 Å². The van der Waals surface area contributed by atoms with Gasteiger partial charge in [-0.1, -0.05) is 84.9 Å². The Morgan fingerprint density at radius 3 is 2.13 bits per heavy atom. The maximum atomic E-state index is 13.4. The lowest BCUT2D eigenvalue weighted by atomic mass is 9.83. The van der Waals surface area contributed by atoms with E-state index >= 15 is 0 Å². The van der Waals surface area contributed by atoms with E-state index in [2.05, 4.69) is 59.2 Å². The average molecular weight is 400 g/mol. The van der Waals surface area contributed by atoms with Gasteiger partial charge in [0.05, 0.1) is 16.8 Å². The van der Waals surface area contributed by atoms with Crippen molar-refractivity contribution in [1.29, 1.82) is 0 Å². The van der Waals surface area contributed by atoms with Gasteiger partial charge in [0.25, 0.3) is 0 Å². The minimum atomic E-state index is 0.00247. The third-order valence-corrected chi connectivity index (χ3v) is 6.16. The molecule has 3 heteroatoms. The summed E-state index contributed by atoms with van der Waals surface area (Å²) in [6.45, 7) is 0.719. The Morgan fingerprint density at radius 1 is 0.677 bits per heavy atom. The number of nitrogen functional groups attached to an aromatic ring is 1. The Labute approximate surface area is 180 Å². The zero-order valence-electron chi connectivity index (χ0n) is 16.9. The highest BCUT2D eigenvalue weighted by atomic mass is 16.1. The Balaban J connectivity index is 1.78. The second-order valence-corrected chi connectivity index (χ2v) is 7.96. The molecule has 31 heavy (non-hydrogen) atoms. The number of nitrogens with zero attached hydrogens (tertiary/aromatic N) is 1. The van der Waals surface area contributed by atoms with Gasteiger partial charge in [-0.15, -0.1) is 0 Å². The van der Waals surface area contributed by atoms with Crippen molar-refractivity contribution >= 4 is 22.4 Å². The van der Waals surface area contributed by atoms with Crippen molar-refractivity contribution < 1.29 is 4.79 Å². The zero-order chi connectivity index (χ0) is 20.9. The normalized spacial score (nSPS) is 12.2. The SMILES string of the molecule is Nc1cccc2c1C(=O)c1cccc3c1c-2c(-c1ccccc1)n3Cc1ccccc1. The molecule has 4 aromatic carbocycles. The summed E-state index contributed by atoms with van der Waals surface area (Å²) in [6, 6.07) is 32.6. The van der Waals surface area contributed by atoms with Crippen LogP contribution >= 0.6 is 0 Å². The van der Waals surface area contributed by atoms with Crippen molar-refractivity contribution in [3.05, 3.63) is 114 Å². The largest absolute Gasteiger partial charge is 0.398 e. The number of nitrogens with two attached hydrogens (primary N) is 1. The summed E-state index contributed by atoms with van der Waals surface area (Å²) >= 11 is 0. The molecule has 1 heterocycles. The minimum absolute atomic E-state index is 0.00247. The molecule has 0 spiro atoms. The monoisotopic (exact) mass is 400 g/mol. The second-order valence-electron chi connectivity index (χ2n) is 7.96. The van der Waals surface area contributed by atoms with Gasteiger partial charge in [0.2, 0.25) is 0 Å². The van der Waals surface area contributed by atoms with Crippen LogP contribution in [0.15, 0.2) is 97.1 Å². The average Bonchev–Trinajstić information content (AvgIpc) is 3.13. The molecule has 0 fully saturated rings. The van der Waals surface area contributed by atoms with Crippen LogP contribution < -0.4 is 5.73 Å². The summed E-state index contributed by atoms with van der Waals surface area (Å²) in [7, 11) is 0. The van der Waals surface area contributed by atoms with Crippen molar-refractivity contribution in [2.75, 3.05) is 5.73 Å². The van der Waals surface area contributed by atoms with Crippen LogP contribution in [0.5, 0.6) is 0 Å². The third kappa shape index (κ3) is 2.57. The molecule has 6 rings (SSSR count). The van der Waals surface area contributed by atoms with E-state index in [-0.39, 0.29) is 5.78 Å². The van der Waals surface area contributed by atoms with Gasteiger partial charge in [-0.3, -0.25) is 4.79 Å². The van der Waals surface area contributed by atoms with E-state index in [0.717, 1.165) is 45.4 Å². The van der Waals surface area contributed by atoms with Gasteiger partial charge in [0, 0.05) is 28.7 Å². The van der Waals surface area contributed by atoms with Gasteiger partial charge in [-0.2, -0.15) is 0 Å². The van der Waals surface area contributed by atoms with E-state index in [9.17, 15) is 4.79 Å². The number of hydrogen-bond acceptors (Lipinski definition) is 2. The maximum absolute atomic E-state index is 13.4. The summed E-state index contributed by atoms with van der Waals surface area (Å²) in [6.07, 6.45) is 0. The summed E-state index contributed by atoms with van der Waals surface area (Å²) in [5.74, 6) is 0.00247. The van der Waals surface area contributed by atoms with E-state index in [1.165, 1.54) is 5.56 Å². The van der Waals surface area contributed by atoms with Crippen LogP contribution in [0, 0.1) is 0 Å². The number of benzene rings is 4. The quantitative estimate of drug-likeness (QED) is 0.362. The van der Waals surface area contributed by atoms with Gasteiger partial charge in [-0.05, 0) is 28.8 Å². The van der Waals surface area contributed by atoms with Crippen LogP contribution in [0.25, 0.3) is 33.3 Å². The van der Waals surface area contributed by atoms with Crippen molar-refractivity contribution in [3.63, 3.8) is 0 Å². The number of carbonyl (C=O) groups excluding carboxylic acids is 1. The first-order chi connectivity index (χ1) is 15.2. The van der Waals surface area contributed by atoms with E-state index < -0.39 is 0 Å². The molecule has 0 atom stereocenters. The van der Waals surface area contributed by atoms with Crippen LogP contribution in [0.3, 0.4) is 0 Å². The van der Waals surface area contributed by atoms with Gasteiger partial charge < -0.3 is 10.3 Å². The highest BCUT2D eigenvalue weighted by molar-refractivity contribution is 6.29. The first-order valence-corrected chi connectivity index (χ1v) is 10.4. The Kier molecular flexibility index (Phi) is 3.84. The van der Waals surface area contributed by atoms with Crippen LogP contribution in [-0.2, 0) is 6.54 Å².